The number of fused-ring (bicyclic) bond motifs is 2. The third kappa shape index (κ3) is 3.94. The standard InChI is InChI=1S/C24H25BrN6O2/c1-24(23(32)26-2)9-8-14(12-24)10-19-27-13-17-21(25)30-31(22(17)29-19)16-5-6-18-15(11-16)4-7-20(28-18)33-3/h4-7,11,13-14H,8-10,12H2,1-3H3,(H,26,32)/t14-,24?/m0/s1. The molecule has 3 heterocycles. The first-order valence-corrected chi connectivity index (χ1v) is 11.8. The molecule has 1 aromatic carbocycles. The molecule has 170 valence electrons. The van der Waals surface area contributed by atoms with Crippen LogP contribution in [0, 0.1) is 11.3 Å². The quantitative estimate of drug-likeness (QED) is 0.433. The number of rotatable bonds is 5. The Kier molecular flexibility index (Phi) is 5.52. The number of hydrogen-bond donors (Lipinski definition) is 1. The molecular formula is C24H25BrN6O2. The number of nitrogens with one attached hydrogen (secondary N) is 1. The van der Waals surface area contributed by atoms with Gasteiger partial charge in [-0.15, -0.1) is 0 Å². The number of carbonyl (C=O) groups is 1. The van der Waals surface area contributed by atoms with Gasteiger partial charge < -0.3 is 10.1 Å². The van der Waals surface area contributed by atoms with E-state index in [9.17, 15) is 4.79 Å². The van der Waals surface area contributed by atoms with Crippen LogP contribution in [0.5, 0.6) is 5.88 Å². The number of halogens is 1. The van der Waals surface area contributed by atoms with Crippen molar-refractivity contribution in [1.82, 2.24) is 30.0 Å². The maximum absolute atomic E-state index is 12.3. The van der Waals surface area contributed by atoms with Crippen LogP contribution in [0.25, 0.3) is 27.6 Å². The molecule has 2 atom stereocenters. The van der Waals surface area contributed by atoms with Gasteiger partial charge in [-0.1, -0.05) is 6.92 Å². The molecule has 1 N–H and O–H groups in total. The van der Waals surface area contributed by atoms with Crippen molar-refractivity contribution in [1.29, 1.82) is 0 Å². The van der Waals surface area contributed by atoms with Gasteiger partial charge in [0.15, 0.2) is 5.65 Å². The Morgan fingerprint density at radius 2 is 2.15 bits per heavy atom. The van der Waals surface area contributed by atoms with Crippen LogP contribution in [0.2, 0.25) is 0 Å². The SMILES string of the molecule is CNC(=O)C1(C)CC[C@@H](Cc2ncc3c(Br)nn(-c4ccc5nc(OC)ccc5c4)c3n2)C1. The van der Waals surface area contributed by atoms with Gasteiger partial charge in [0.05, 0.1) is 23.7 Å². The van der Waals surface area contributed by atoms with Crippen molar-refractivity contribution in [3.8, 4) is 11.6 Å². The van der Waals surface area contributed by atoms with Crippen molar-refractivity contribution in [2.75, 3.05) is 14.2 Å². The molecule has 8 nitrogen and oxygen atoms in total. The van der Waals surface area contributed by atoms with Crippen LogP contribution in [0.1, 0.15) is 32.0 Å². The Morgan fingerprint density at radius 1 is 1.30 bits per heavy atom. The van der Waals surface area contributed by atoms with Crippen molar-refractivity contribution in [3.05, 3.63) is 47.0 Å². The second kappa shape index (κ2) is 8.37. The number of aromatic nitrogens is 5. The molecule has 1 unspecified atom stereocenters. The minimum absolute atomic E-state index is 0.117. The lowest BCUT2D eigenvalue weighted by molar-refractivity contribution is -0.129. The Hall–Kier alpha value is -3.07. The summed E-state index contributed by atoms with van der Waals surface area (Å²) in [7, 11) is 3.31. The molecule has 0 bridgehead atoms. The normalized spacial score (nSPS) is 20.4. The van der Waals surface area contributed by atoms with Gasteiger partial charge in [0.2, 0.25) is 11.8 Å². The Labute approximate surface area is 199 Å². The fourth-order valence-electron chi connectivity index (χ4n) is 4.83. The summed E-state index contributed by atoms with van der Waals surface area (Å²) in [4.78, 5) is 26.2. The van der Waals surface area contributed by atoms with Crippen LogP contribution in [0.4, 0.5) is 0 Å². The first-order valence-electron chi connectivity index (χ1n) is 11.0. The Balaban J connectivity index is 1.47. The highest BCUT2D eigenvalue weighted by molar-refractivity contribution is 9.10. The summed E-state index contributed by atoms with van der Waals surface area (Å²) in [6.45, 7) is 2.05. The number of nitrogens with zero attached hydrogens (tertiary/aromatic N) is 5. The first-order chi connectivity index (χ1) is 15.9. The predicted molar refractivity (Wildman–Crippen MR) is 129 cm³/mol. The van der Waals surface area contributed by atoms with Crippen molar-refractivity contribution >= 4 is 43.8 Å². The average molecular weight is 509 g/mol. The zero-order chi connectivity index (χ0) is 23.2. The van der Waals surface area contributed by atoms with Crippen LogP contribution in [0.15, 0.2) is 41.1 Å². The molecule has 5 rings (SSSR count). The van der Waals surface area contributed by atoms with E-state index in [1.54, 1.807) is 14.2 Å². The number of carbonyl (C=O) groups excluding carboxylic acids is 1. The summed E-state index contributed by atoms with van der Waals surface area (Å²) in [6, 6.07) is 9.79. The van der Waals surface area contributed by atoms with Gasteiger partial charge in [-0.2, -0.15) is 5.10 Å². The van der Waals surface area contributed by atoms with Crippen molar-refractivity contribution < 1.29 is 9.53 Å². The van der Waals surface area contributed by atoms with Gasteiger partial charge in [0.1, 0.15) is 10.4 Å². The molecule has 3 aromatic heterocycles. The van der Waals surface area contributed by atoms with Crippen molar-refractivity contribution in [2.24, 2.45) is 11.3 Å². The lowest BCUT2D eigenvalue weighted by Crippen LogP contribution is -2.35. The fourth-order valence-corrected chi connectivity index (χ4v) is 5.26. The topological polar surface area (TPSA) is 94.8 Å². The lowest BCUT2D eigenvalue weighted by Gasteiger charge is -2.21. The number of benzene rings is 1. The monoisotopic (exact) mass is 508 g/mol. The molecule has 1 aliphatic rings. The van der Waals surface area contributed by atoms with Gasteiger partial charge in [-0.3, -0.25) is 4.79 Å². The molecule has 0 saturated heterocycles. The van der Waals surface area contributed by atoms with Gasteiger partial charge in [0.25, 0.3) is 0 Å². The molecule has 0 aliphatic heterocycles. The number of methoxy groups -OCH3 is 1. The molecular weight excluding hydrogens is 484 g/mol. The largest absolute Gasteiger partial charge is 0.481 e. The number of ether oxygens (including phenoxy) is 1. The van der Waals surface area contributed by atoms with Gasteiger partial charge >= 0.3 is 0 Å². The maximum Gasteiger partial charge on any atom is 0.225 e. The summed E-state index contributed by atoms with van der Waals surface area (Å²) in [5.74, 6) is 1.85. The summed E-state index contributed by atoms with van der Waals surface area (Å²) in [5.41, 5.74) is 2.18. The minimum atomic E-state index is -0.309. The van der Waals surface area contributed by atoms with E-state index < -0.39 is 0 Å². The zero-order valence-electron chi connectivity index (χ0n) is 18.8. The number of amides is 1. The van der Waals surface area contributed by atoms with Crippen LogP contribution < -0.4 is 10.1 Å². The molecule has 1 fully saturated rings. The van der Waals surface area contributed by atoms with E-state index in [4.69, 9.17) is 9.72 Å². The van der Waals surface area contributed by atoms with Crippen molar-refractivity contribution in [3.63, 3.8) is 0 Å². The van der Waals surface area contributed by atoms with E-state index in [-0.39, 0.29) is 11.3 Å². The molecule has 0 radical (unpaired) electrons. The molecule has 0 spiro atoms. The van der Waals surface area contributed by atoms with Gasteiger partial charge in [-0.25, -0.2) is 19.6 Å². The summed E-state index contributed by atoms with van der Waals surface area (Å²) >= 11 is 3.55. The van der Waals surface area contributed by atoms with Crippen LogP contribution in [-0.2, 0) is 11.2 Å². The molecule has 9 heteroatoms. The molecule has 33 heavy (non-hydrogen) atoms. The summed E-state index contributed by atoms with van der Waals surface area (Å²) in [6.07, 6.45) is 5.30. The number of pyridine rings is 1. The van der Waals surface area contributed by atoms with E-state index in [1.165, 1.54) is 0 Å². The van der Waals surface area contributed by atoms with Crippen LogP contribution in [-0.4, -0.2) is 44.8 Å². The zero-order valence-corrected chi connectivity index (χ0v) is 20.4. The summed E-state index contributed by atoms with van der Waals surface area (Å²) in [5, 5.41) is 9.31. The highest BCUT2D eigenvalue weighted by atomic mass is 79.9. The third-order valence-corrected chi connectivity index (χ3v) is 7.21. The lowest BCUT2D eigenvalue weighted by atomic mass is 9.86. The van der Waals surface area contributed by atoms with Crippen LogP contribution in [0.3, 0.4) is 0 Å². The van der Waals surface area contributed by atoms with Crippen molar-refractivity contribution in [2.45, 2.75) is 32.6 Å². The second-order valence-corrected chi connectivity index (χ2v) is 9.66. The maximum atomic E-state index is 12.3. The van der Waals surface area contributed by atoms with E-state index in [0.717, 1.165) is 59.1 Å². The highest BCUT2D eigenvalue weighted by Crippen LogP contribution is 2.42. The van der Waals surface area contributed by atoms with E-state index in [1.807, 2.05) is 48.1 Å². The van der Waals surface area contributed by atoms with E-state index in [2.05, 4.69) is 36.3 Å². The van der Waals surface area contributed by atoms with Gasteiger partial charge in [0, 0.05) is 36.5 Å². The highest BCUT2D eigenvalue weighted by Gasteiger charge is 2.40. The molecule has 4 aromatic rings. The Morgan fingerprint density at radius 3 is 2.94 bits per heavy atom. The van der Waals surface area contributed by atoms with Gasteiger partial charge in [-0.05, 0) is 65.4 Å². The number of hydrogen-bond acceptors (Lipinski definition) is 6. The first kappa shape index (κ1) is 21.8. The predicted octanol–water partition coefficient (Wildman–Crippen LogP) is 4.23. The molecule has 1 amide bonds. The third-order valence-electron chi connectivity index (χ3n) is 6.62. The fraction of sp³-hybridized carbons (Fsp3) is 0.375. The molecule has 1 aliphatic carbocycles. The average Bonchev–Trinajstić information content (AvgIpc) is 3.38. The Bertz CT molecular complexity index is 1370. The minimum Gasteiger partial charge on any atom is -0.481 e. The second-order valence-electron chi connectivity index (χ2n) is 8.91. The molecule has 1 saturated carbocycles. The van der Waals surface area contributed by atoms with E-state index >= 15 is 0 Å². The van der Waals surface area contributed by atoms with Crippen LogP contribution >= 0.6 is 15.9 Å². The smallest absolute Gasteiger partial charge is 0.225 e. The van der Waals surface area contributed by atoms with E-state index in [0.29, 0.717) is 16.4 Å². The summed E-state index contributed by atoms with van der Waals surface area (Å²) < 4.78 is 7.75.